The fourth-order valence-electron chi connectivity index (χ4n) is 4.91. The highest BCUT2D eigenvalue weighted by molar-refractivity contribution is 5.84. The minimum atomic E-state index is -0.660. The molecule has 4 aromatic rings. The molecule has 0 saturated carbocycles. The van der Waals surface area contributed by atoms with E-state index >= 15 is 0 Å². The molecule has 0 spiro atoms. The lowest BCUT2D eigenvalue weighted by molar-refractivity contribution is -0.0898. The molecule has 1 aliphatic rings. The number of carbonyl (C=O) groups excluding carboxylic acids is 1. The SMILES string of the molecule is CC(C)(C)OC(=O)Nc1[nH]ncc1[C@H]1O[C@@H](COCc2ccccc2)[C@H](OCc2ccccc2)[C@@H]1OCc1ccccc1. The molecule has 9 heteroatoms. The second-order valence-corrected chi connectivity index (χ2v) is 11.4. The maximum Gasteiger partial charge on any atom is 0.413 e. The standard InChI is InChI=1S/C34H39N3O6/c1-34(2,3)43-33(38)36-32-27(19-35-37-32)29-31(41-22-26-17-11-6-12-18-26)30(40-21-25-15-9-5-10-16-25)28(42-29)23-39-20-24-13-7-4-8-14-24/h4-19,28-31H,20-23H2,1-3H3,(H2,35,36,37,38)/t28-,29+,30-,31+/m0/s1. The number of hydrogen-bond acceptors (Lipinski definition) is 7. The van der Waals surface area contributed by atoms with Gasteiger partial charge in [-0.25, -0.2) is 4.79 Å². The molecule has 5 rings (SSSR count). The molecular weight excluding hydrogens is 546 g/mol. The zero-order chi connectivity index (χ0) is 30.1. The van der Waals surface area contributed by atoms with E-state index < -0.39 is 36.1 Å². The Labute approximate surface area is 252 Å². The van der Waals surface area contributed by atoms with Crippen LogP contribution in [0.15, 0.2) is 97.2 Å². The summed E-state index contributed by atoms with van der Waals surface area (Å²) in [6.45, 7) is 6.86. The van der Waals surface area contributed by atoms with Crippen LogP contribution in [0, 0.1) is 0 Å². The van der Waals surface area contributed by atoms with Gasteiger partial charge < -0.3 is 23.7 Å². The minimum Gasteiger partial charge on any atom is -0.444 e. The second kappa shape index (κ2) is 14.4. The molecule has 1 aromatic heterocycles. The van der Waals surface area contributed by atoms with Gasteiger partial charge in [0.2, 0.25) is 0 Å². The van der Waals surface area contributed by atoms with Gasteiger partial charge in [0, 0.05) is 5.56 Å². The third-order valence-corrected chi connectivity index (χ3v) is 6.88. The summed E-state index contributed by atoms with van der Waals surface area (Å²) in [5, 5.41) is 9.87. The van der Waals surface area contributed by atoms with Crippen LogP contribution in [0.25, 0.3) is 0 Å². The Morgan fingerprint density at radius 3 is 1.91 bits per heavy atom. The summed E-state index contributed by atoms with van der Waals surface area (Å²) in [6.07, 6.45) is -1.05. The average molecular weight is 586 g/mol. The van der Waals surface area contributed by atoms with Gasteiger partial charge in [-0.2, -0.15) is 5.10 Å². The molecule has 2 heterocycles. The van der Waals surface area contributed by atoms with E-state index in [0.717, 1.165) is 16.7 Å². The first-order valence-corrected chi connectivity index (χ1v) is 14.5. The van der Waals surface area contributed by atoms with Crippen LogP contribution in [-0.2, 0) is 43.5 Å². The molecule has 2 N–H and O–H groups in total. The monoisotopic (exact) mass is 585 g/mol. The van der Waals surface area contributed by atoms with Crippen molar-refractivity contribution in [3.8, 4) is 0 Å². The molecule has 1 saturated heterocycles. The molecule has 9 nitrogen and oxygen atoms in total. The first-order valence-electron chi connectivity index (χ1n) is 14.5. The number of amides is 1. The highest BCUT2D eigenvalue weighted by atomic mass is 16.6. The summed E-state index contributed by atoms with van der Waals surface area (Å²) < 4.78 is 31.4. The molecule has 1 amide bonds. The van der Waals surface area contributed by atoms with Crippen LogP contribution in [0.2, 0.25) is 0 Å². The van der Waals surface area contributed by atoms with Crippen molar-refractivity contribution in [1.82, 2.24) is 10.2 Å². The molecule has 1 aliphatic heterocycles. The van der Waals surface area contributed by atoms with Crippen LogP contribution >= 0.6 is 0 Å². The molecule has 4 atom stereocenters. The predicted octanol–water partition coefficient (Wildman–Crippen LogP) is 6.58. The van der Waals surface area contributed by atoms with E-state index in [1.165, 1.54) is 0 Å². The Kier molecular flexibility index (Phi) is 10.2. The second-order valence-electron chi connectivity index (χ2n) is 11.4. The number of hydrogen-bond donors (Lipinski definition) is 2. The molecule has 0 unspecified atom stereocenters. The van der Waals surface area contributed by atoms with Crippen molar-refractivity contribution in [2.75, 3.05) is 11.9 Å². The zero-order valence-corrected chi connectivity index (χ0v) is 24.8. The van der Waals surface area contributed by atoms with Crippen molar-refractivity contribution in [2.24, 2.45) is 0 Å². The maximum atomic E-state index is 12.7. The number of rotatable bonds is 12. The van der Waals surface area contributed by atoms with Crippen molar-refractivity contribution in [3.63, 3.8) is 0 Å². The first kappa shape index (κ1) is 30.4. The van der Waals surface area contributed by atoms with Gasteiger partial charge in [-0.1, -0.05) is 91.0 Å². The summed E-state index contributed by atoms with van der Waals surface area (Å²) in [6, 6.07) is 29.9. The van der Waals surface area contributed by atoms with Crippen LogP contribution < -0.4 is 5.32 Å². The highest BCUT2D eigenvalue weighted by Gasteiger charge is 2.48. The number of nitrogens with zero attached hydrogens (tertiary/aromatic N) is 1. The van der Waals surface area contributed by atoms with Gasteiger partial charge in [-0.3, -0.25) is 10.4 Å². The van der Waals surface area contributed by atoms with Gasteiger partial charge in [0.05, 0.1) is 32.6 Å². The number of ether oxygens (including phenoxy) is 5. The summed E-state index contributed by atoms with van der Waals surface area (Å²) in [4.78, 5) is 12.7. The third kappa shape index (κ3) is 8.75. The molecule has 3 aromatic carbocycles. The van der Waals surface area contributed by atoms with Crippen LogP contribution in [0.3, 0.4) is 0 Å². The molecular formula is C34H39N3O6. The van der Waals surface area contributed by atoms with Crippen LogP contribution in [-0.4, -0.2) is 46.8 Å². The lowest BCUT2D eigenvalue weighted by Gasteiger charge is -2.25. The van der Waals surface area contributed by atoms with Crippen molar-refractivity contribution in [3.05, 3.63) is 119 Å². The largest absolute Gasteiger partial charge is 0.444 e. The number of aromatic amines is 1. The van der Waals surface area contributed by atoms with Gasteiger partial charge in [-0.15, -0.1) is 0 Å². The topological polar surface area (TPSA) is 104 Å². The fraction of sp³-hybridized carbons (Fsp3) is 0.353. The Bertz CT molecular complexity index is 1410. The van der Waals surface area contributed by atoms with E-state index in [9.17, 15) is 4.79 Å². The summed E-state index contributed by atoms with van der Waals surface area (Å²) in [5.41, 5.74) is 3.09. The third-order valence-electron chi connectivity index (χ3n) is 6.88. The van der Waals surface area contributed by atoms with Crippen LogP contribution in [0.1, 0.15) is 49.1 Å². The van der Waals surface area contributed by atoms with E-state index in [2.05, 4.69) is 15.5 Å². The highest BCUT2D eigenvalue weighted by Crippen LogP contribution is 2.40. The first-order chi connectivity index (χ1) is 20.9. The van der Waals surface area contributed by atoms with Crippen LogP contribution in [0.4, 0.5) is 10.6 Å². The molecule has 1 fully saturated rings. The van der Waals surface area contributed by atoms with Crippen molar-refractivity contribution in [1.29, 1.82) is 0 Å². The Hall–Kier alpha value is -4.02. The van der Waals surface area contributed by atoms with E-state index in [4.69, 9.17) is 23.7 Å². The van der Waals surface area contributed by atoms with E-state index in [1.54, 1.807) is 6.20 Å². The number of anilines is 1. The summed E-state index contributed by atoms with van der Waals surface area (Å²) in [5.74, 6) is 0.375. The normalized spacial score (nSPS) is 20.2. The number of aromatic nitrogens is 2. The zero-order valence-electron chi connectivity index (χ0n) is 24.8. The molecule has 0 radical (unpaired) electrons. The van der Waals surface area contributed by atoms with Gasteiger partial charge in [-0.05, 0) is 37.5 Å². The molecule has 226 valence electrons. The van der Waals surface area contributed by atoms with Crippen molar-refractivity contribution < 1.29 is 28.5 Å². The Morgan fingerprint density at radius 2 is 1.35 bits per heavy atom. The lowest BCUT2D eigenvalue weighted by Crippen LogP contribution is -2.38. The molecule has 43 heavy (non-hydrogen) atoms. The predicted molar refractivity (Wildman–Crippen MR) is 162 cm³/mol. The average Bonchev–Trinajstić information content (AvgIpc) is 3.59. The Balaban J connectivity index is 1.40. The van der Waals surface area contributed by atoms with Gasteiger partial charge in [0.1, 0.15) is 35.8 Å². The van der Waals surface area contributed by atoms with E-state index in [0.29, 0.717) is 31.2 Å². The number of H-pyrrole nitrogens is 1. The lowest BCUT2D eigenvalue weighted by atomic mass is 10.0. The number of benzene rings is 3. The van der Waals surface area contributed by atoms with Crippen molar-refractivity contribution in [2.45, 2.75) is 70.6 Å². The molecule has 0 bridgehead atoms. The minimum absolute atomic E-state index is 0.280. The van der Waals surface area contributed by atoms with E-state index in [1.807, 2.05) is 112 Å². The van der Waals surface area contributed by atoms with Crippen molar-refractivity contribution >= 4 is 11.9 Å². The fourth-order valence-corrected chi connectivity index (χ4v) is 4.91. The van der Waals surface area contributed by atoms with Gasteiger partial charge >= 0.3 is 6.09 Å². The quantitative estimate of drug-likeness (QED) is 0.193. The van der Waals surface area contributed by atoms with Gasteiger partial charge in [0.15, 0.2) is 0 Å². The van der Waals surface area contributed by atoms with Gasteiger partial charge in [0.25, 0.3) is 0 Å². The van der Waals surface area contributed by atoms with E-state index in [-0.39, 0.29) is 6.61 Å². The maximum absolute atomic E-state index is 12.7. The smallest absolute Gasteiger partial charge is 0.413 e. The summed E-state index contributed by atoms with van der Waals surface area (Å²) >= 11 is 0. The number of nitrogens with one attached hydrogen (secondary N) is 2. The number of carbonyl (C=O) groups is 1. The van der Waals surface area contributed by atoms with Crippen LogP contribution in [0.5, 0.6) is 0 Å². The summed E-state index contributed by atoms with van der Waals surface area (Å²) in [7, 11) is 0. The molecule has 0 aliphatic carbocycles. The Morgan fingerprint density at radius 1 is 0.814 bits per heavy atom.